The van der Waals surface area contributed by atoms with E-state index in [1.807, 2.05) is 11.0 Å². The number of carbonyl (C=O) groups excluding carboxylic acids is 2. The predicted molar refractivity (Wildman–Crippen MR) is 72.9 cm³/mol. The summed E-state index contributed by atoms with van der Waals surface area (Å²) in [5, 5.41) is 8.78. The predicted octanol–water partition coefficient (Wildman–Crippen LogP) is 2.14. The van der Waals surface area contributed by atoms with E-state index < -0.39 is 0 Å². The number of benzene rings is 1. The summed E-state index contributed by atoms with van der Waals surface area (Å²) < 4.78 is 0. The van der Waals surface area contributed by atoms with Gasteiger partial charge in [0.25, 0.3) is 5.91 Å². The Balaban J connectivity index is 1.80. The van der Waals surface area contributed by atoms with Crippen LogP contribution in [0.4, 0.5) is 0 Å². The van der Waals surface area contributed by atoms with Crippen molar-refractivity contribution < 1.29 is 9.59 Å². The van der Waals surface area contributed by atoms with Crippen LogP contribution in [0, 0.1) is 17.2 Å². The summed E-state index contributed by atoms with van der Waals surface area (Å²) in [7, 11) is 0. The van der Waals surface area contributed by atoms with Gasteiger partial charge in [0.05, 0.1) is 11.6 Å². The van der Waals surface area contributed by atoms with Gasteiger partial charge in [0.2, 0.25) is 0 Å². The van der Waals surface area contributed by atoms with Gasteiger partial charge in [-0.3, -0.25) is 9.59 Å². The van der Waals surface area contributed by atoms with Crippen LogP contribution in [0.3, 0.4) is 0 Å². The number of nitrogens with zero attached hydrogens (tertiary/aromatic N) is 2. The largest absolute Gasteiger partial charge is 0.335 e. The molecule has 2 atom stereocenters. The molecule has 1 heterocycles. The number of hydrogen-bond acceptors (Lipinski definition) is 3. The van der Waals surface area contributed by atoms with E-state index >= 15 is 0 Å². The summed E-state index contributed by atoms with van der Waals surface area (Å²) >= 11 is 0. The molecule has 3 rings (SSSR count). The van der Waals surface area contributed by atoms with Crippen molar-refractivity contribution in [3.8, 4) is 6.07 Å². The number of likely N-dealkylation sites (tertiary alicyclic amines) is 1. The molecule has 2 unspecified atom stereocenters. The van der Waals surface area contributed by atoms with E-state index in [0.717, 1.165) is 19.3 Å². The molecule has 0 aromatic heterocycles. The molecule has 0 radical (unpaired) electrons. The van der Waals surface area contributed by atoms with Gasteiger partial charge in [-0.25, -0.2) is 0 Å². The van der Waals surface area contributed by atoms with Gasteiger partial charge in [0.15, 0.2) is 0 Å². The van der Waals surface area contributed by atoms with Gasteiger partial charge < -0.3 is 4.90 Å². The van der Waals surface area contributed by atoms with Crippen molar-refractivity contribution in [1.29, 1.82) is 5.26 Å². The first-order chi connectivity index (χ1) is 9.70. The van der Waals surface area contributed by atoms with E-state index in [2.05, 4.69) is 0 Å². The van der Waals surface area contributed by atoms with Crippen LogP contribution in [0.5, 0.6) is 0 Å². The minimum Gasteiger partial charge on any atom is -0.335 e. The number of fused-ring (bicyclic) bond motifs is 1. The molecule has 20 heavy (non-hydrogen) atoms. The zero-order valence-corrected chi connectivity index (χ0v) is 11.2. The molecule has 1 saturated carbocycles. The monoisotopic (exact) mass is 268 g/mol. The second-order valence-electron chi connectivity index (χ2n) is 5.51. The van der Waals surface area contributed by atoms with E-state index in [1.165, 1.54) is 0 Å². The van der Waals surface area contributed by atoms with Gasteiger partial charge in [0, 0.05) is 30.5 Å². The van der Waals surface area contributed by atoms with Crippen LogP contribution in [-0.4, -0.2) is 29.2 Å². The van der Waals surface area contributed by atoms with Crippen molar-refractivity contribution in [2.24, 2.45) is 5.92 Å². The molecule has 2 fully saturated rings. The molecule has 102 valence electrons. The second kappa shape index (κ2) is 5.09. The van der Waals surface area contributed by atoms with Gasteiger partial charge in [0.1, 0.15) is 5.78 Å². The van der Waals surface area contributed by atoms with Crippen LogP contribution in [0.1, 0.15) is 41.6 Å². The Morgan fingerprint density at radius 3 is 2.70 bits per heavy atom. The topological polar surface area (TPSA) is 61.2 Å². The van der Waals surface area contributed by atoms with Crippen molar-refractivity contribution in [2.45, 2.75) is 31.7 Å². The zero-order chi connectivity index (χ0) is 14.1. The molecular formula is C16H16N2O2. The Bertz CT molecular complexity index is 585. The minimum absolute atomic E-state index is 0.0170. The van der Waals surface area contributed by atoms with Gasteiger partial charge in [-0.2, -0.15) is 5.26 Å². The SMILES string of the molecule is N#Cc1ccc(C(=O)N2CCC3C(=O)CCCC32)cc1. The number of carbonyl (C=O) groups is 2. The number of Topliss-reactive ketones (excluding diaryl/α,β-unsaturated/α-hetero) is 1. The van der Waals surface area contributed by atoms with Crippen LogP contribution in [0.15, 0.2) is 24.3 Å². The Morgan fingerprint density at radius 2 is 2.00 bits per heavy atom. The third-order valence-corrected chi connectivity index (χ3v) is 4.40. The molecule has 4 heteroatoms. The summed E-state index contributed by atoms with van der Waals surface area (Å²) in [6.07, 6.45) is 3.28. The highest BCUT2D eigenvalue weighted by molar-refractivity contribution is 5.95. The lowest BCUT2D eigenvalue weighted by Crippen LogP contribution is -2.41. The molecule has 0 bridgehead atoms. The van der Waals surface area contributed by atoms with Crippen molar-refractivity contribution in [3.05, 3.63) is 35.4 Å². The van der Waals surface area contributed by atoms with E-state index in [-0.39, 0.29) is 17.9 Å². The minimum atomic E-state index is -0.0170. The lowest BCUT2D eigenvalue weighted by atomic mass is 9.84. The van der Waals surface area contributed by atoms with Crippen LogP contribution in [0.2, 0.25) is 0 Å². The number of hydrogen-bond donors (Lipinski definition) is 0. The van der Waals surface area contributed by atoms with Crippen molar-refractivity contribution in [3.63, 3.8) is 0 Å². The Hall–Kier alpha value is -2.15. The molecule has 1 amide bonds. The van der Waals surface area contributed by atoms with Crippen LogP contribution in [0.25, 0.3) is 0 Å². The molecule has 1 aliphatic carbocycles. The molecular weight excluding hydrogens is 252 g/mol. The van der Waals surface area contributed by atoms with E-state index in [9.17, 15) is 9.59 Å². The third kappa shape index (κ3) is 2.09. The van der Waals surface area contributed by atoms with Crippen molar-refractivity contribution in [2.75, 3.05) is 6.54 Å². The normalized spacial score (nSPS) is 25.1. The van der Waals surface area contributed by atoms with Gasteiger partial charge in [-0.15, -0.1) is 0 Å². The number of amides is 1. The van der Waals surface area contributed by atoms with E-state index in [4.69, 9.17) is 5.26 Å². The summed E-state index contributed by atoms with van der Waals surface area (Å²) in [6.45, 7) is 0.667. The third-order valence-electron chi connectivity index (χ3n) is 4.40. The highest BCUT2D eigenvalue weighted by Crippen LogP contribution is 2.34. The average molecular weight is 268 g/mol. The number of ketones is 1. The molecule has 1 aromatic carbocycles. The summed E-state index contributed by atoms with van der Waals surface area (Å²) in [5.41, 5.74) is 1.15. The van der Waals surface area contributed by atoms with Crippen molar-refractivity contribution >= 4 is 11.7 Å². The van der Waals surface area contributed by atoms with E-state index in [0.29, 0.717) is 29.9 Å². The maximum atomic E-state index is 12.5. The first kappa shape index (κ1) is 12.9. The summed E-state index contributed by atoms with van der Waals surface area (Å²) in [4.78, 5) is 26.3. The molecule has 1 aromatic rings. The molecule has 1 saturated heterocycles. The molecule has 1 aliphatic heterocycles. The number of nitriles is 1. The highest BCUT2D eigenvalue weighted by Gasteiger charge is 2.42. The molecule has 0 spiro atoms. The first-order valence-corrected chi connectivity index (χ1v) is 7.04. The molecule has 2 aliphatic rings. The standard InChI is InChI=1S/C16H16N2O2/c17-10-11-4-6-12(7-5-11)16(20)18-9-8-13-14(18)2-1-3-15(13)19/h4-7,13-14H,1-3,8-9H2. The summed E-state index contributed by atoms with van der Waals surface area (Å²) in [5.74, 6) is 0.346. The highest BCUT2D eigenvalue weighted by atomic mass is 16.2. The van der Waals surface area contributed by atoms with Gasteiger partial charge in [-0.1, -0.05) is 0 Å². The van der Waals surface area contributed by atoms with Crippen LogP contribution >= 0.6 is 0 Å². The Morgan fingerprint density at radius 1 is 1.25 bits per heavy atom. The molecule has 0 N–H and O–H groups in total. The van der Waals surface area contributed by atoms with Gasteiger partial charge in [-0.05, 0) is 43.5 Å². The zero-order valence-electron chi connectivity index (χ0n) is 11.2. The maximum Gasteiger partial charge on any atom is 0.254 e. The number of rotatable bonds is 1. The second-order valence-corrected chi connectivity index (χ2v) is 5.51. The smallest absolute Gasteiger partial charge is 0.254 e. The Labute approximate surface area is 118 Å². The van der Waals surface area contributed by atoms with Crippen LogP contribution < -0.4 is 0 Å². The molecule has 4 nitrogen and oxygen atoms in total. The average Bonchev–Trinajstić information content (AvgIpc) is 2.92. The fraction of sp³-hybridized carbons (Fsp3) is 0.438. The summed E-state index contributed by atoms with van der Waals surface area (Å²) in [6, 6.07) is 8.83. The van der Waals surface area contributed by atoms with Crippen LogP contribution in [-0.2, 0) is 4.79 Å². The lowest BCUT2D eigenvalue weighted by molar-refractivity contribution is -0.125. The van der Waals surface area contributed by atoms with E-state index in [1.54, 1.807) is 24.3 Å². The first-order valence-electron chi connectivity index (χ1n) is 7.04. The van der Waals surface area contributed by atoms with Crippen molar-refractivity contribution in [1.82, 2.24) is 4.90 Å². The fourth-order valence-corrected chi connectivity index (χ4v) is 3.36. The quantitative estimate of drug-likeness (QED) is 0.784. The lowest BCUT2D eigenvalue weighted by Gasteiger charge is -2.30. The maximum absolute atomic E-state index is 12.5. The van der Waals surface area contributed by atoms with Gasteiger partial charge >= 0.3 is 0 Å². The fourth-order valence-electron chi connectivity index (χ4n) is 3.36. The Kier molecular flexibility index (Phi) is 3.27.